The van der Waals surface area contributed by atoms with Crippen LogP contribution in [0.15, 0.2) is 29.6 Å². The van der Waals surface area contributed by atoms with E-state index in [9.17, 15) is 4.79 Å². The third-order valence-electron chi connectivity index (χ3n) is 3.61. The maximum atomic E-state index is 11.1. The van der Waals surface area contributed by atoms with Crippen LogP contribution in [0.3, 0.4) is 0 Å². The Morgan fingerprint density at radius 1 is 1.33 bits per heavy atom. The molecule has 1 N–H and O–H groups in total. The van der Waals surface area contributed by atoms with Gasteiger partial charge in [0.2, 0.25) is 0 Å². The number of benzene rings is 1. The lowest BCUT2D eigenvalue weighted by Gasteiger charge is -2.24. The van der Waals surface area contributed by atoms with Crippen LogP contribution in [0.25, 0.3) is 10.4 Å². The van der Waals surface area contributed by atoms with Gasteiger partial charge in [-0.3, -0.25) is 0 Å². The van der Waals surface area contributed by atoms with Crippen LogP contribution in [0.2, 0.25) is 0 Å². The van der Waals surface area contributed by atoms with Crippen molar-refractivity contribution in [3.63, 3.8) is 0 Å². The number of hydrogen-bond acceptors (Lipinski definition) is 3. The summed E-state index contributed by atoms with van der Waals surface area (Å²) in [5.41, 5.74) is 2.89. The fourth-order valence-corrected chi connectivity index (χ4v) is 3.56. The molecule has 1 heterocycles. The Bertz CT molecular complexity index is 644. The van der Waals surface area contributed by atoms with Crippen LogP contribution in [0.4, 0.5) is 0 Å². The Hall–Kier alpha value is -1.65. The molecule has 0 bridgehead atoms. The second-order valence-electron chi connectivity index (χ2n) is 4.47. The molecule has 0 fully saturated rings. The van der Waals surface area contributed by atoms with Gasteiger partial charge in [-0.1, -0.05) is 6.07 Å². The van der Waals surface area contributed by atoms with Crippen molar-refractivity contribution in [1.29, 1.82) is 0 Å². The monoisotopic (exact) mass is 260 g/mol. The Kier molecular flexibility index (Phi) is 2.33. The summed E-state index contributed by atoms with van der Waals surface area (Å²) in [4.78, 5) is 12.2. The number of aromatic carboxylic acids is 1. The first kappa shape index (κ1) is 11.4. The van der Waals surface area contributed by atoms with E-state index in [0.717, 1.165) is 16.7 Å². The van der Waals surface area contributed by atoms with E-state index < -0.39 is 11.6 Å². The van der Waals surface area contributed by atoms with Crippen LogP contribution in [0.5, 0.6) is 0 Å². The number of fused-ring (bicyclic) bond motifs is 3. The van der Waals surface area contributed by atoms with Crippen molar-refractivity contribution in [3.8, 4) is 10.4 Å². The first-order chi connectivity index (χ1) is 8.58. The van der Waals surface area contributed by atoms with Gasteiger partial charge in [0.1, 0.15) is 5.60 Å². The number of thiophene rings is 1. The largest absolute Gasteiger partial charge is 0.478 e. The van der Waals surface area contributed by atoms with Crippen molar-refractivity contribution in [1.82, 2.24) is 0 Å². The van der Waals surface area contributed by atoms with E-state index in [2.05, 4.69) is 0 Å². The molecule has 18 heavy (non-hydrogen) atoms. The number of methoxy groups -OCH3 is 1. The Labute approximate surface area is 109 Å². The van der Waals surface area contributed by atoms with E-state index in [1.54, 1.807) is 30.6 Å². The third kappa shape index (κ3) is 1.30. The topological polar surface area (TPSA) is 46.5 Å². The summed E-state index contributed by atoms with van der Waals surface area (Å²) in [6.45, 7) is 1.98. The number of carboxylic acid groups (broad SMARTS) is 1. The maximum absolute atomic E-state index is 11.1. The number of rotatable bonds is 2. The van der Waals surface area contributed by atoms with Crippen LogP contribution in [0, 0.1) is 0 Å². The lowest BCUT2D eigenvalue weighted by Crippen LogP contribution is -2.22. The molecule has 2 aromatic rings. The third-order valence-corrected chi connectivity index (χ3v) is 4.56. The van der Waals surface area contributed by atoms with E-state index >= 15 is 0 Å². The van der Waals surface area contributed by atoms with E-state index in [1.165, 1.54) is 4.88 Å². The van der Waals surface area contributed by atoms with Gasteiger partial charge in [-0.05, 0) is 41.6 Å². The van der Waals surface area contributed by atoms with Gasteiger partial charge < -0.3 is 9.84 Å². The molecule has 1 atom stereocenters. The minimum absolute atomic E-state index is 0.298. The fourth-order valence-electron chi connectivity index (χ4n) is 2.53. The average molecular weight is 260 g/mol. The lowest BCUT2D eigenvalue weighted by atomic mass is 9.93. The molecule has 1 aliphatic carbocycles. The maximum Gasteiger partial charge on any atom is 0.335 e. The van der Waals surface area contributed by atoms with E-state index in [4.69, 9.17) is 9.84 Å². The van der Waals surface area contributed by atoms with E-state index in [1.807, 2.05) is 24.4 Å². The molecule has 1 aliphatic rings. The number of carbonyl (C=O) groups is 1. The van der Waals surface area contributed by atoms with Crippen molar-refractivity contribution in [2.75, 3.05) is 7.11 Å². The minimum atomic E-state index is -0.911. The molecular formula is C14H12O3S. The number of hydrogen-bond donors (Lipinski definition) is 1. The quantitative estimate of drug-likeness (QED) is 0.900. The second kappa shape index (κ2) is 3.67. The van der Waals surface area contributed by atoms with Gasteiger partial charge >= 0.3 is 5.97 Å². The minimum Gasteiger partial charge on any atom is -0.478 e. The normalized spacial score (nSPS) is 20.6. The summed E-state index contributed by atoms with van der Waals surface area (Å²) in [7, 11) is 1.66. The summed E-state index contributed by atoms with van der Waals surface area (Å²) < 4.78 is 5.66. The molecule has 0 radical (unpaired) electrons. The summed E-state index contributed by atoms with van der Waals surface area (Å²) in [5, 5.41) is 11.1. The first-order valence-electron chi connectivity index (χ1n) is 5.59. The zero-order valence-electron chi connectivity index (χ0n) is 10.1. The molecule has 1 aromatic heterocycles. The highest BCUT2D eigenvalue weighted by Gasteiger charge is 2.40. The van der Waals surface area contributed by atoms with Gasteiger partial charge in [-0.2, -0.15) is 0 Å². The molecule has 0 amide bonds. The molecule has 0 saturated heterocycles. The van der Waals surface area contributed by atoms with Gasteiger partial charge in [0.15, 0.2) is 0 Å². The summed E-state index contributed by atoms with van der Waals surface area (Å²) in [6, 6.07) is 7.28. The smallest absolute Gasteiger partial charge is 0.335 e. The molecular weight excluding hydrogens is 248 g/mol. The molecule has 1 unspecified atom stereocenters. The van der Waals surface area contributed by atoms with Crippen LogP contribution >= 0.6 is 11.3 Å². The molecule has 3 nitrogen and oxygen atoms in total. The fraction of sp³-hybridized carbons (Fsp3) is 0.214. The van der Waals surface area contributed by atoms with Gasteiger partial charge in [0.25, 0.3) is 0 Å². The van der Waals surface area contributed by atoms with Crippen molar-refractivity contribution in [2.24, 2.45) is 0 Å². The molecule has 0 aliphatic heterocycles. The first-order valence-corrected chi connectivity index (χ1v) is 6.47. The predicted molar refractivity (Wildman–Crippen MR) is 70.2 cm³/mol. The summed E-state index contributed by atoms with van der Waals surface area (Å²) >= 11 is 1.66. The SMILES string of the molecule is COC1(C)c2cc(C(=O)O)ccc2-c2sccc21. The number of carboxylic acids is 1. The van der Waals surface area contributed by atoms with Gasteiger partial charge in [0.05, 0.1) is 5.56 Å². The molecule has 0 spiro atoms. The predicted octanol–water partition coefficient (Wildman–Crippen LogP) is 3.34. The van der Waals surface area contributed by atoms with Crippen LogP contribution in [-0.2, 0) is 10.3 Å². The zero-order valence-corrected chi connectivity index (χ0v) is 10.9. The summed E-state index contributed by atoms with van der Waals surface area (Å²) in [5.74, 6) is -0.911. The Morgan fingerprint density at radius 2 is 2.11 bits per heavy atom. The highest BCUT2D eigenvalue weighted by Crippen LogP contribution is 2.51. The molecule has 1 aromatic carbocycles. The van der Waals surface area contributed by atoms with Crippen LogP contribution in [0.1, 0.15) is 28.4 Å². The Balaban J connectivity index is 2.30. The molecule has 0 saturated carbocycles. The second-order valence-corrected chi connectivity index (χ2v) is 5.38. The lowest BCUT2D eigenvalue weighted by molar-refractivity contribution is 0.0431. The number of ether oxygens (including phenoxy) is 1. The highest BCUT2D eigenvalue weighted by molar-refractivity contribution is 7.13. The van der Waals surface area contributed by atoms with Crippen molar-refractivity contribution in [2.45, 2.75) is 12.5 Å². The highest BCUT2D eigenvalue weighted by atomic mass is 32.1. The summed E-state index contributed by atoms with van der Waals surface area (Å²) in [6.07, 6.45) is 0. The average Bonchev–Trinajstić information content (AvgIpc) is 2.93. The van der Waals surface area contributed by atoms with Crippen molar-refractivity contribution in [3.05, 3.63) is 46.3 Å². The van der Waals surface area contributed by atoms with Crippen molar-refractivity contribution < 1.29 is 14.6 Å². The molecule has 92 valence electrons. The van der Waals surface area contributed by atoms with Crippen LogP contribution < -0.4 is 0 Å². The van der Waals surface area contributed by atoms with Gasteiger partial charge in [0, 0.05) is 17.6 Å². The van der Waals surface area contributed by atoms with Gasteiger partial charge in [-0.25, -0.2) is 4.79 Å². The standard InChI is InChI=1S/C14H12O3S/c1-14(17-2)10-5-6-18-12(10)9-4-3-8(13(15)16)7-11(9)14/h3-7H,1-2H3,(H,15,16). The zero-order chi connectivity index (χ0) is 12.9. The van der Waals surface area contributed by atoms with E-state index in [-0.39, 0.29) is 0 Å². The van der Waals surface area contributed by atoms with Crippen LogP contribution in [-0.4, -0.2) is 18.2 Å². The molecule has 4 heteroatoms. The molecule has 3 rings (SSSR count). The van der Waals surface area contributed by atoms with Crippen molar-refractivity contribution >= 4 is 17.3 Å². The van der Waals surface area contributed by atoms with E-state index in [0.29, 0.717) is 5.56 Å². The Morgan fingerprint density at radius 3 is 2.78 bits per heavy atom. The van der Waals surface area contributed by atoms with Gasteiger partial charge in [-0.15, -0.1) is 11.3 Å².